The van der Waals surface area contributed by atoms with Gasteiger partial charge in [0.05, 0.1) is 11.0 Å². The van der Waals surface area contributed by atoms with E-state index in [4.69, 9.17) is 23.2 Å². The molecule has 2 aromatic carbocycles. The SMILES string of the molecule is O=C(Nc1ccc(Cl)cc1)N1CCC(c2nc3ccc(Cl)cc3[nH]2)CC1. The summed E-state index contributed by atoms with van der Waals surface area (Å²) >= 11 is 11.9. The van der Waals surface area contributed by atoms with Gasteiger partial charge in [-0.1, -0.05) is 23.2 Å². The number of hydrogen-bond acceptors (Lipinski definition) is 2. The summed E-state index contributed by atoms with van der Waals surface area (Å²) in [6, 6.07) is 12.7. The molecule has 7 heteroatoms. The largest absolute Gasteiger partial charge is 0.342 e. The number of rotatable bonds is 2. The first-order chi connectivity index (χ1) is 12.6. The molecule has 134 valence electrons. The van der Waals surface area contributed by atoms with Crippen LogP contribution < -0.4 is 5.32 Å². The van der Waals surface area contributed by atoms with Gasteiger partial charge in [0, 0.05) is 34.7 Å². The number of piperidine rings is 1. The molecule has 2 heterocycles. The number of amides is 2. The van der Waals surface area contributed by atoms with Crippen LogP contribution in [-0.2, 0) is 0 Å². The lowest BCUT2D eigenvalue weighted by Gasteiger charge is -2.31. The standard InChI is InChI=1S/C19H18Cl2N4O/c20-13-1-4-15(5-2-13)22-19(26)25-9-7-12(8-10-25)18-23-16-6-3-14(21)11-17(16)24-18/h1-6,11-12H,7-10H2,(H,22,26)(H,23,24). The van der Waals surface area contributed by atoms with Crippen molar-refractivity contribution in [3.63, 3.8) is 0 Å². The number of hydrogen-bond donors (Lipinski definition) is 2. The number of aromatic nitrogens is 2. The summed E-state index contributed by atoms with van der Waals surface area (Å²) in [6.07, 6.45) is 1.75. The molecule has 0 spiro atoms. The van der Waals surface area contributed by atoms with E-state index in [0.29, 0.717) is 29.1 Å². The Hall–Kier alpha value is -2.24. The number of halogens is 2. The minimum absolute atomic E-state index is 0.0813. The molecule has 1 aliphatic rings. The predicted octanol–water partition coefficient (Wildman–Crippen LogP) is 5.28. The fourth-order valence-corrected chi connectivity index (χ4v) is 3.58. The van der Waals surface area contributed by atoms with Gasteiger partial charge in [-0.2, -0.15) is 0 Å². The molecule has 5 nitrogen and oxygen atoms in total. The highest BCUT2D eigenvalue weighted by Gasteiger charge is 2.25. The van der Waals surface area contributed by atoms with Gasteiger partial charge in [-0.25, -0.2) is 9.78 Å². The minimum atomic E-state index is -0.0813. The minimum Gasteiger partial charge on any atom is -0.342 e. The van der Waals surface area contributed by atoms with Crippen LogP contribution >= 0.6 is 23.2 Å². The van der Waals surface area contributed by atoms with Crippen molar-refractivity contribution in [2.75, 3.05) is 18.4 Å². The predicted molar refractivity (Wildman–Crippen MR) is 105 cm³/mol. The first-order valence-corrected chi connectivity index (χ1v) is 9.31. The van der Waals surface area contributed by atoms with Crippen LogP contribution in [0.2, 0.25) is 10.0 Å². The van der Waals surface area contributed by atoms with Gasteiger partial charge in [0.25, 0.3) is 0 Å². The van der Waals surface area contributed by atoms with Crippen molar-refractivity contribution in [1.29, 1.82) is 0 Å². The third-order valence-electron chi connectivity index (χ3n) is 4.73. The van der Waals surface area contributed by atoms with Crippen LogP contribution in [0, 0.1) is 0 Å². The van der Waals surface area contributed by atoms with E-state index in [1.807, 2.05) is 23.1 Å². The van der Waals surface area contributed by atoms with Crippen molar-refractivity contribution in [2.24, 2.45) is 0 Å². The molecule has 0 radical (unpaired) electrons. The molecule has 0 atom stereocenters. The number of anilines is 1. The monoisotopic (exact) mass is 388 g/mol. The Labute approximate surface area is 161 Å². The Morgan fingerprint density at radius 3 is 2.50 bits per heavy atom. The Kier molecular flexibility index (Phi) is 4.74. The number of likely N-dealkylation sites (tertiary alicyclic amines) is 1. The number of carbonyl (C=O) groups excluding carboxylic acids is 1. The molecular weight excluding hydrogens is 371 g/mol. The lowest BCUT2D eigenvalue weighted by atomic mass is 9.96. The maximum absolute atomic E-state index is 12.4. The third-order valence-corrected chi connectivity index (χ3v) is 5.21. The molecule has 0 saturated carbocycles. The van der Waals surface area contributed by atoms with E-state index in [9.17, 15) is 4.79 Å². The van der Waals surface area contributed by atoms with Crippen molar-refractivity contribution >= 4 is 46.0 Å². The number of fused-ring (bicyclic) bond motifs is 1. The maximum Gasteiger partial charge on any atom is 0.321 e. The van der Waals surface area contributed by atoms with E-state index in [1.54, 1.807) is 24.3 Å². The van der Waals surface area contributed by atoms with Crippen LogP contribution in [0.1, 0.15) is 24.6 Å². The zero-order valence-electron chi connectivity index (χ0n) is 14.0. The highest BCUT2D eigenvalue weighted by Crippen LogP contribution is 2.29. The molecule has 2 N–H and O–H groups in total. The molecule has 0 unspecified atom stereocenters. The molecule has 3 aromatic rings. The highest BCUT2D eigenvalue weighted by molar-refractivity contribution is 6.31. The summed E-state index contributed by atoms with van der Waals surface area (Å²) in [5.41, 5.74) is 2.62. The van der Waals surface area contributed by atoms with Crippen molar-refractivity contribution in [2.45, 2.75) is 18.8 Å². The van der Waals surface area contributed by atoms with E-state index < -0.39 is 0 Å². The molecule has 2 amide bonds. The first kappa shape index (κ1) is 17.2. The van der Waals surface area contributed by atoms with Crippen molar-refractivity contribution in [3.05, 3.63) is 58.3 Å². The number of nitrogens with one attached hydrogen (secondary N) is 2. The summed E-state index contributed by atoms with van der Waals surface area (Å²) in [5.74, 6) is 1.29. The number of aromatic amines is 1. The number of H-pyrrole nitrogens is 1. The van der Waals surface area contributed by atoms with Crippen LogP contribution in [0.3, 0.4) is 0 Å². The lowest BCUT2D eigenvalue weighted by molar-refractivity contribution is 0.193. The fraction of sp³-hybridized carbons (Fsp3) is 0.263. The molecule has 1 saturated heterocycles. The Balaban J connectivity index is 1.38. The van der Waals surface area contributed by atoms with Crippen molar-refractivity contribution in [3.8, 4) is 0 Å². The van der Waals surface area contributed by atoms with Crippen LogP contribution in [0.5, 0.6) is 0 Å². The number of urea groups is 1. The van der Waals surface area contributed by atoms with Gasteiger partial charge in [-0.05, 0) is 55.3 Å². The highest BCUT2D eigenvalue weighted by atomic mass is 35.5. The van der Waals surface area contributed by atoms with Gasteiger partial charge < -0.3 is 15.2 Å². The molecule has 1 aromatic heterocycles. The van der Waals surface area contributed by atoms with Gasteiger partial charge >= 0.3 is 6.03 Å². The third kappa shape index (κ3) is 3.64. The number of carbonyl (C=O) groups is 1. The summed E-state index contributed by atoms with van der Waals surface area (Å²) < 4.78 is 0. The van der Waals surface area contributed by atoms with E-state index in [2.05, 4.69) is 15.3 Å². The molecule has 1 fully saturated rings. The van der Waals surface area contributed by atoms with Gasteiger partial charge in [0.1, 0.15) is 5.82 Å². The second-order valence-corrected chi connectivity index (χ2v) is 7.35. The fourth-order valence-electron chi connectivity index (χ4n) is 3.29. The second-order valence-electron chi connectivity index (χ2n) is 6.48. The molecule has 0 bridgehead atoms. The van der Waals surface area contributed by atoms with Gasteiger partial charge in [0.15, 0.2) is 0 Å². The Bertz CT molecular complexity index is 930. The number of nitrogens with zero attached hydrogens (tertiary/aromatic N) is 2. The number of benzene rings is 2. The second kappa shape index (κ2) is 7.17. The van der Waals surface area contributed by atoms with Gasteiger partial charge in [-0.3, -0.25) is 0 Å². The quantitative estimate of drug-likeness (QED) is 0.626. The zero-order valence-corrected chi connectivity index (χ0v) is 15.5. The van der Waals surface area contributed by atoms with E-state index in [1.165, 1.54) is 0 Å². The number of imidazole rings is 1. The summed E-state index contributed by atoms with van der Waals surface area (Å²) in [4.78, 5) is 22.3. The zero-order chi connectivity index (χ0) is 18.1. The van der Waals surface area contributed by atoms with Gasteiger partial charge in [-0.15, -0.1) is 0 Å². The molecule has 1 aliphatic heterocycles. The van der Waals surface area contributed by atoms with Crippen molar-refractivity contribution in [1.82, 2.24) is 14.9 Å². The average Bonchev–Trinajstić information content (AvgIpc) is 3.07. The van der Waals surface area contributed by atoms with Crippen LogP contribution in [-0.4, -0.2) is 34.0 Å². The summed E-state index contributed by atoms with van der Waals surface area (Å²) in [7, 11) is 0. The van der Waals surface area contributed by atoms with Crippen molar-refractivity contribution < 1.29 is 4.79 Å². The Morgan fingerprint density at radius 2 is 1.77 bits per heavy atom. The topological polar surface area (TPSA) is 61.0 Å². The molecule has 0 aliphatic carbocycles. The maximum atomic E-state index is 12.4. The normalized spacial score (nSPS) is 15.4. The van der Waals surface area contributed by atoms with E-state index in [0.717, 1.165) is 35.4 Å². The lowest BCUT2D eigenvalue weighted by Crippen LogP contribution is -2.40. The average molecular weight is 389 g/mol. The van der Waals surface area contributed by atoms with Crippen LogP contribution in [0.15, 0.2) is 42.5 Å². The summed E-state index contributed by atoms with van der Waals surface area (Å²) in [5, 5.41) is 4.26. The molecule has 4 rings (SSSR count). The smallest absolute Gasteiger partial charge is 0.321 e. The summed E-state index contributed by atoms with van der Waals surface area (Å²) in [6.45, 7) is 1.39. The Morgan fingerprint density at radius 1 is 1.08 bits per heavy atom. The molecular formula is C19H18Cl2N4O. The van der Waals surface area contributed by atoms with E-state index in [-0.39, 0.29) is 6.03 Å². The first-order valence-electron chi connectivity index (χ1n) is 8.55. The van der Waals surface area contributed by atoms with E-state index >= 15 is 0 Å². The van der Waals surface area contributed by atoms with Gasteiger partial charge in [0.2, 0.25) is 0 Å². The molecule has 26 heavy (non-hydrogen) atoms. The van der Waals surface area contributed by atoms with Crippen LogP contribution in [0.4, 0.5) is 10.5 Å². The van der Waals surface area contributed by atoms with Crippen LogP contribution in [0.25, 0.3) is 11.0 Å².